The molecule has 1 fully saturated rings. The van der Waals surface area contributed by atoms with Crippen molar-refractivity contribution in [3.63, 3.8) is 0 Å². The van der Waals surface area contributed by atoms with Gasteiger partial charge in [-0.25, -0.2) is 9.97 Å². The van der Waals surface area contributed by atoms with Gasteiger partial charge < -0.3 is 14.6 Å². The molecule has 3 heterocycles. The highest BCUT2D eigenvalue weighted by Gasteiger charge is 2.41. The molecule has 7 nitrogen and oxygen atoms in total. The first-order valence-electron chi connectivity index (χ1n) is 9.18. The highest BCUT2D eigenvalue weighted by molar-refractivity contribution is 9.10. The van der Waals surface area contributed by atoms with E-state index in [0.717, 1.165) is 37.1 Å². The number of fused-ring (bicyclic) bond motifs is 1. The summed E-state index contributed by atoms with van der Waals surface area (Å²) in [5.74, 6) is 1.51. The van der Waals surface area contributed by atoms with Gasteiger partial charge in [-0.1, -0.05) is 19.8 Å². The summed E-state index contributed by atoms with van der Waals surface area (Å²) in [5, 5.41) is 0. The predicted molar refractivity (Wildman–Crippen MR) is 104 cm³/mol. The molecule has 4 rings (SSSR count). The summed E-state index contributed by atoms with van der Waals surface area (Å²) in [6.07, 6.45) is 12.1. The third kappa shape index (κ3) is 2.71. The Kier molecular flexibility index (Phi) is 4.69. The van der Waals surface area contributed by atoms with E-state index in [4.69, 9.17) is 4.98 Å². The van der Waals surface area contributed by atoms with Crippen LogP contribution in [-0.2, 0) is 4.79 Å². The number of hydrogen-bond donors (Lipinski definition) is 0. The molecule has 2 unspecified atom stereocenters. The highest BCUT2D eigenvalue weighted by atomic mass is 79.9. The van der Waals surface area contributed by atoms with Crippen molar-refractivity contribution in [3.05, 3.63) is 23.3 Å². The van der Waals surface area contributed by atoms with E-state index in [1.165, 1.54) is 12.8 Å². The number of likely N-dealkylation sites (N-methyl/N-ethyl adjacent to an activating group) is 1. The monoisotopic (exact) mass is 418 g/mol. The second-order valence-electron chi connectivity index (χ2n) is 7.00. The summed E-state index contributed by atoms with van der Waals surface area (Å²) >= 11 is 3.44. The SMILES string of the molecule is CCC1C(C=O)N(C)c2cnc(-n3ccnc3Br)nc2N1C1CCCC1. The van der Waals surface area contributed by atoms with Crippen molar-refractivity contribution in [3.8, 4) is 5.95 Å². The van der Waals surface area contributed by atoms with Crippen LogP contribution in [0.2, 0.25) is 0 Å². The van der Waals surface area contributed by atoms with E-state index in [0.29, 0.717) is 16.7 Å². The Balaban J connectivity index is 1.86. The van der Waals surface area contributed by atoms with Crippen molar-refractivity contribution in [2.24, 2.45) is 0 Å². The van der Waals surface area contributed by atoms with Crippen molar-refractivity contribution in [1.29, 1.82) is 0 Å². The van der Waals surface area contributed by atoms with Gasteiger partial charge >= 0.3 is 0 Å². The maximum absolute atomic E-state index is 11.9. The molecule has 0 aromatic carbocycles. The molecule has 2 aliphatic rings. The predicted octanol–water partition coefficient (Wildman–Crippen LogP) is 2.97. The zero-order valence-electron chi connectivity index (χ0n) is 15.0. The molecule has 2 atom stereocenters. The molecule has 2 aromatic heterocycles. The molecule has 26 heavy (non-hydrogen) atoms. The Labute approximate surface area is 161 Å². The number of nitrogens with zero attached hydrogens (tertiary/aromatic N) is 6. The topological polar surface area (TPSA) is 67.2 Å². The summed E-state index contributed by atoms with van der Waals surface area (Å²) in [6.45, 7) is 2.15. The number of carbonyl (C=O) groups is 1. The van der Waals surface area contributed by atoms with Gasteiger partial charge in [-0.05, 0) is 35.2 Å². The van der Waals surface area contributed by atoms with Crippen LogP contribution in [0.1, 0.15) is 39.0 Å². The number of halogens is 1. The van der Waals surface area contributed by atoms with E-state index in [-0.39, 0.29) is 12.1 Å². The lowest BCUT2D eigenvalue weighted by molar-refractivity contribution is -0.109. The number of carbonyl (C=O) groups excluding carboxylic acids is 1. The second kappa shape index (κ2) is 6.98. The Bertz CT molecular complexity index is 803. The van der Waals surface area contributed by atoms with Crippen molar-refractivity contribution in [2.45, 2.75) is 57.2 Å². The second-order valence-corrected chi connectivity index (χ2v) is 7.71. The van der Waals surface area contributed by atoms with Crippen LogP contribution in [0.25, 0.3) is 5.95 Å². The Morgan fingerprint density at radius 1 is 1.31 bits per heavy atom. The van der Waals surface area contributed by atoms with Gasteiger partial charge in [0.1, 0.15) is 12.3 Å². The Hall–Kier alpha value is -1.96. The van der Waals surface area contributed by atoms with Crippen molar-refractivity contribution in [2.75, 3.05) is 16.8 Å². The van der Waals surface area contributed by atoms with E-state index in [2.05, 4.69) is 37.7 Å². The largest absolute Gasteiger partial charge is 0.359 e. The van der Waals surface area contributed by atoms with E-state index in [9.17, 15) is 4.79 Å². The van der Waals surface area contributed by atoms with Gasteiger partial charge in [0.15, 0.2) is 10.6 Å². The number of aldehydes is 1. The fraction of sp³-hybridized carbons (Fsp3) is 0.556. The minimum absolute atomic E-state index is 0.127. The van der Waals surface area contributed by atoms with Crippen LogP contribution >= 0.6 is 15.9 Å². The fourth-order valence-corrected chi connectivity index (χ4v) is 4.73. The minimum atomic E-state index is -0.178. The molecule has 0 spiro atoms. The van der Waals surface area contributed by atoms with Crippen molar-refractivity contribution in [1.82, 2.24) is 19.5 Å². The van der Waals surface area contributed by atoms with Gasteiger partial charge in [0.2, 0.25) is 5.95 Å². The first-order valence-corrected chi connectivity index (χ1v) is 9.97. The fourth-order valence-electron chi connectivity index (χ4n) is 4.33. The summed E-state index contributed by atoms with van der Waals surface area (Å²) in [4.78, 5) is 29.9. The summed E-state index contributed by atoms with van der Waals surface area (Å²) < 4.78 is 2.49. The lowest BCUT2D eigenvalue weighted by Crippen LogP contribution is -2.58. The third-order valence-corrected chi connectivity index (χ3v) is 6.23. The Morgan fingerprint density at radius 2 is 2.08 bits per heavy atom. The van der Waals surface area contributed by atoms with Crippen LogP contribution in [-0.4, -0.2) is 51.0 Å². The van der Waals surface area contributed by atoms with Crippen LogP contribution < -0.4 is 9.80 Å². The maximum Gasteiger partial charge on any atom is 0.237 e. The highest BCUT2D eigenvalue weighted by Crippen LogP contribution is 2.41. The van der Waals surface area contributed by atoms with Crippen LogP contribution in [0.15, 0.2) is 23.3 Å². The standard InChI is InChI=1S/C18H23BrN6O/c1-3-13-15(11-26)23(2)14-10-21-18(24-9-8-20-17(24)19)22-16(14)25(13)12-6-4-5-7-12/h8-13,15H,3-7H2,1-2H3. The maximum atomic E-state index is 11.9. The first kappa shape index (κ1) is 17.5. The van der Waals surface area contributed by atoms with Gasteiger partial charge in [0, 0.05) is 25.5 Å². The molecular weight excluding hydrogens is 396 g/mol. The van der Waals surface area contributed by atoms with Crippen LogP contribution in [0.3, 0.4) is 0 Å². The van der Waals surface area contributed by atoms with Gasteiger partial charge in [-0.15, -0.1) is 0 Å². The average Bonchev–Trinajstić information content (AvgIpc) is 3.32. The lowest BCUT2D eigenvalue weighted by atomic mass is 9.97. The zero-order chi connectivity index (χ0) is 18.3. The molecule has 1 aliphatic heterocycles. The molecule has 0 radical (unpaired) electrons. The molecule has 0 bridgehead atoms. The molecule has 0 amide bonds. The van der Waals surface area contributed by atoms with Crippen LogP contribution in [0.4, 0.5) is 11.5 Å². The van der Waals surface area contributed by atoms with Crippen molar-refractivity contribution >= 4 is 33.7 Å². The minimum Gasteiger partial charge on any atom is -0.359 e. The van der Waals surface area contributed by atoms with E-state index in [1.54, 1.807) is 6.20 Å². The smallest absolute Gasteiger partial charge is 0.237 e. The third-order valence-electron chi connectivity index (χ3n) is 5.65. The van der Waals surface area contributed by atoms with Gasteiger partial charge in [0.25, 0.3) is 0 Å². The normalized spacial score (nSPS) is 23.3. The lowest BCUT2D eigenvalue weighted by Gasteiger charge is -2.48. The number of imidazole rings is 1. The first-order chi connectivity index (χ1) is 12.7. The van der Waals surface area contributed by atoms with Crippen molar-refractivity contribution < 1.29 is 4.79 Å². The van der Waals surface area contributed by atoms with E-state index < -0.39 is 0 Å². The van der Waals surface area contributed by atoms with E-state index >= 15 is 0 Å². The molecule has 1 aliphatic carbocycles. The molecule has 2 aromatic rings. The number of rotatable bonds is 4. The Morgan fingerprint density at radius 3 is 2.69 bits per heavy atom. The average molecular weight is 419 g/mol. The zero-order valence-corrected chi connectivity index (χ0v) is 16.6. The van der Waals surface area contributed by atoms with Gasteiger partial charge in [0.05, 0.1) is 17.9 Å². The molecule has 0 N–H and O–H groups in total. The number of aromatic nitrogens is 4. The molecule has 0 saturated heterocycles. The summed E-state index contributed by atoms with van der Waals surface area (Å²) in [6, 6.07) is 0.383. The molecule has 1 saturated carbocycles. The number of anilines is 2. The molecule has 8 heteroatoms. The molecule has 138 valence electrons. The summed E-state index contributed by atoms with van der Waals surface area (Å²) in [7, 11) is 1.96. The van der Waals surface area contributed by atoms with E-state index in [1.807, 2.05) is 28.9 Å². The van der Waals surface area contributed by atoms with Gasteiger partial charge in [-0.3, -0.25) is 4.57 Å². The van der Waals surface area contributed by atoms with Gasteiger partial charge in [-0.2, -0.15) is 4.98 Å². The quantitative estimate of drug-likeness (QED) is 0.710. The number of hydrogen-bond acceptors (Lipinski definition) is 6. The molecular formula is C18H23BrN6O. The van der Waals surface area contributed by atoms with Crippen LogP contribution in [0, 0.1) is 0 Å². The summed E-state index contributed by atoms with van der Waals surface area (Å²) in [5.41, 5.74) is 0.915. The van der Waals surface area contributed by atoms with Crippen LogP contribution in [0.5, 0.6) is 0 Å².